The number of benzene rings is 1. The maximum absolute atomic E-state index is 8.84. The molecule has 1 aromatic rings. The SMILES string of the molecule is CCCOc1cccc(Br)c1C#N. The molecule has 0 heterocycles. The first-order valence-corrected chi connectivity index (χ1v) is 4.90. The molecule has 0 spiro atoms. The maximum Gasteiger partial charge on any atom is 0.138 e. The van der Waals surface area contributed by atoms with Gasteiger partial charge in [0.2, 0.25) is 0 Å². The lowest BCUT2D eigenvalue weighted by atomic mass is 10.2. The Morgan fingerprint density at radius 2 is 2.31 bits per heavy atom. The predicted molar refractivity (Wildman–Crippen MR) is 54.6 cm³/mol. The second kappa shape index (κ2) is 4.88. The number of nitrogens with zero attached hydrogens (tertiary/aromatic N) is 1. The van der Waals surface area contributed by atoms with Gasteiger partial charge in [-0.25, -0.2) is 0 Å². The largest absolute Gasteiger partial charge is 0.492 e. The fourth-order valence-electron chi connectivity index (χ4n) is 0.945. The number of nitriles is 1. The Kier molecular flexibility index (Phi) is 3.78. The molecule has 1 aromatic carbocycles. The van der Waals surface area contributed by atoms with Gasteiger partial charge >= 0.3 is 0 Å². The van der Waals surface area contributed by atoms with Gasteiger partial charge in [0, 0.05) is 4.47 Å². The zero-order valence-corrected chi connectivity index (χ0v) is 8.97. The van der Waals surface area contributed by atoms with Crippen molar-refractivity contribution in [3.8, 4) is 11.8 Å². The van der Waals surface area contributed by atoms with Crippen molar-refractivity contribution in [1.82, 2.24) is 0 Å². The van der Waals surface area contributed by atoms with Crippen molar-refractivity contribution in [3.63, 3.8) is 0 Å². The van der Waals surface area contributed by atoms with E-state index >= 15 is 0 Å². The lowest BCUT2D eigenvalue weighted by Gasteiger charge is -2.06. The molecule has 13 heavy (non-hydrogen) atoms. The number of hydrogen-bond acceptors (Lipinski definition) is 2. The average Bonchev–Trinajstić information content (AvgIpc) is 2.15. The molecule has 0 radical (unpaired) electrons. The smallest absolute Gasteiger partial charge is 0.138 e. The van der Waals surface area contributed by atoms with Crippen LogP contribution in [0.25, 0.3) is 0 Å². The highest BCUT2D eigenvalue weighted by Gasteiger charge is 2.05. The summed E-state index contributed by atoms with van der Waals surface area (Å²) < 4.78 is 6.19. The topological polar surface area (TPSA) is 33.0 Å². The standard InChI is InChI=1S/C10H10BrNO/c1-2-6-13-10-5-3-4-9(11)8(10)7-12/h3-5H,2,6H2,1H3. The Hall–Kier alpha value is -1.01. The van der Waals surface area contributed by atoms with Crippen LogP contribution in [0.1, 0.15) is 18.9 Å². The highest BCUT2D eigenvalue weighted by Crippen LogP contribution is 2.25. The van der Waals surface area contributed by atoms with Crippen LogP contribution < -0.4 is 4.74 Å². The molecule has 0 amide bonds. The van der Waals surface area contributed by atoms with E-state index in [0.29, 0.717) is 17.9 Å². The molecule has 0 saturated heterocycles. The highest BCUT2D eigenvalue weighted by atomic mass is 79.9. The van der Waals surface area contributed by atoms with Gasteiger partial charge < -0.3 is 4.74 Å². The van der Waals surface area contributed by atoms with E-state index in [4.69, 9.17) is 10.00 Å². The van der Waals surface area contributed by atoms with E-state index in [9.17, 15) is 0 Å². The van der Waals surface area contributed by atoms with E-state index in [2.05, 4.69) is 22.0 Å². The molecule has 0 N–H and O–H groups in total. The van der Waals surface area contributed by atoms with Crippen molar-refractivity contribution in [2.24, 2.45) is 0 Å². The second-order valence-electron chi connectivity index (χ2n) is 2.57. The van der Waals surface area contributed by atoms with Gasteiger partial charge in [0.25, 0.3) is 0 Å². The third-order valence-electron chi connectivity index (χ3n) is 1.55. The van der Waals surface area contributed by atoms with Crippen molar-refractivity contribution in [2.45, 2.75) is 13.3 Å². The molecule has 2 nitrogen and oxygen atoms in total. The molecule has 0 aliphatic heterocycles. The van der Waals surface area contributed by atoms with Crippen LogP contribution in [-0.2, 0) is 0 Å². The summed E-state index contributed by atoms with van der Waals surface area (Å²) in [5.41, 5.74) is 0.566. The second-order valence-corrected chi connectivity index (χ2v) is 3.43. The maximum atomic E-state index is 8.84. The van der Waals surface area contributed by atoms with Crippen LogP contribution in [-0.4, -0.2) is 6.61 Å². The van der Waals surface area contributed by atoms with Gasteiger partial charge in [0.15, 0.2) is 0 Å². The van der Waals surface area contributed by atoms with Crippen molar-refractivity contribution in [3.05, 3.63) is 28.2 Å². The summed E-state index contributed by atoms with van der Waals surface area (Å²) in [7, 11) is 0. The van der Waals surface area contributed by atoms with E-state index in [1.807, 2.05) is 19.1 Å². The fraction of sp³-hybridized carbons (Fsp3) is 0.300. The summed E-state index contributed by atoms with van der Waals surface area (Å²) in [6.45, 7) is 2.68. The van der Waals surface area contributed by atoms with Crippen LogP contribution in [0.5, 0.6) is 5.75 Å². The van der Waals surface area contributed by atoms with Gasteiger partial charge in [0.1, 0.15) is 17.4 Å². The molecule has 0 bridgehead atoms. The molecule has 0 aliphatic carbocycles. The molecule has 68 valence electrons. The molecule has 0 aromatic heterocycles. The first-order valence-electron chi connectivity index (χ1n) is 4.11. The lowest BCUT2D eigenvalue weighted by Crippen LogP contribution is -1.97. The van der Waals surface area contributed by atoms with Gasteiger partial charge in [-0.05, 0) is 34.5 Å². The quantitative estimate of drug-likeness (QED) is 0.813. The average molecular weight is 240 g/mol. The van der Waals surface area contributed by atoms with Crippen LogP contribution in [0.2, 0.25) is 0 Å². The minimum Gasteiger partial charge on any atom is -0.492 e. The predicted octanol–water partition coefficient (Wildman–Crippen LogP) is 3.11. The molecule has 1 rings (SSSR count). The van der Waals surface area contributed by atoms with Gasteiger partial charge in [-0.3, -0.25) is 0 Å². The van der Waals surface area contributed by atoms with E-state index in [-0.39, 0.29) is 0 Å². The summed E-state index contributed by atoms with van der Waals surface area (Å²) in [5, 5.41) is 8.84. The van der Waals surface area contributed by atoms with Crippen LogP contribution in [0.4, 0.5) is 0 Å². The van der Waals surface area contributed by atoms with Crippen molar-refractivity contribution in [1.29, 1.82) is 5.26 Å². The van der Waals surface area contributed by atoms with Crippen molar-refractivity contribution in [2.75, 3.05) is 6.61 Å². The Bertz CT molecular complexity index is 330. The van der Waals surface area contributed by atoms with E-state index < -0.39 is 0 Å². The van der Waals surface area contributed by atoms with Gasteiger partial charge in [-0.2, -0.15) is 5.26 Å². The number of rotatable bonds is 3. The van der Waals surface area contributed by atoms with Crippen LogP contribution in [0.3, 0.4) is 0 Å². The van der Waals surface area contributed by atoms with Crippen LogP contribution in [0.15, 0.2) is 22.7 Å². The van der Waals surface area contributed by atoms with E-state index in [1.165, 1.54) is 0 Å². The van der Waals surface area contributed by atoms with Gasteiger partial charge in [0.05, 0.1) is 6.61 Å². The third kappa shape index (κ3) is 2.46. The number of hydrogen-bond donors (Lipinski definition) is 0. The Labute approximate surface area is 86.3 Å². The molecule has 0 fully saturated rings. The zero-order valence-electron chi connectivity index (χ0n) is 7.38. The summed E-state index contributed by atoms with van der Waals surface area (Å²) in [6, 6.07) is 7.59. The Morgan fingerprint density at radius 1 is 1.54 bits per heavy atom. The number of ether oxygens (including phenoxy) is 1. The monoisotopic (exact) mass is 239 g/mol. The lowest BCUT2D eigenvalue weighted by molar-refractivity contribution is 0.316. The summed E-state index contributed by atoms with van der Waals surface area (Å²) in [6.07, 6.45) is 0.942. The first kappa shape index (κ1) is 10.1. The molecule has 0 unspecified atom stereocenters. The Morgan fingerprint density at radius 3 is 2.92 bits per heavy atom. The molecule has 0 saturated carbocycles. The third-order valence-corrected chi connectivity index (χ3v) is 2.21. The minimum absolute atomic E-state index is 0.566. The molecule has 0 aliphatic rings. The fourth-order valence-corrected chi connectivity index (χ4v) is 1.38. The van der Waals surface area contributed by atoms with Gasteiger partial charge in [-0.15, -0.1) is 0 Å². The summed E-state index contributed by atoms with van der Waals surface area (Å²) in [5.74, 6) is 0.652. The van der Waals surface area contributed by atoms with E-state index in [1.54, 1.807) is 6.07 Å². The summed E-state index contributed by atoms with van der Waals surface area (Å²) >= 11 is 3.30. The van der Waals surface area contributed by atoms with E-state index in [0.717, 1.165) is 10.9 Å². The molecular weight excluding hydrogens is 230 g/mol. The molecule has 0 atom stereocenters. The first-order chi connectivity index (χ1) is 6.29. The van der Waals surface area contributed by atoms with Crippen molar-refractivity contribution >= 4 is 15.9 Å². The minimum atomic E-state index is 0.566. The number of halogens is 1. The normalized spacial score (nSPS) is 9.31. The van der Waals surface area contributed by atoms with Crippen LogP contribution >= 0.6 is 15.9 Å². The zero-order chi connectivity index (χ0) is 9.68. The summed E-state index contributed by atoms with van der Waals surface area (Å²) in [4.78, 5) is 0. The Balaban J connectivity index is 2.93. The highest BCUT2D eigenvalue weighted by molar-refractivity contribution is 9.10. The van der Waals surface area contributed by atoms with Crippen LogP contribution in [0, 0.1) is 11.3 Å². The molecule has 3 heteroatoms. The van der Waals surface area contributed by atoms with Crippen molar-refractivity contribution < 1.29 is 4.74 Å². The van der Waals surface area contributed by atoms with Gasteiger partial charge in [-0.1, -0.05) is 13.0 Å². The molecular formula is C10H10BrNO.